The van der Waals surface area contributed by atoms with Gasteiger partial charge < -0.3 is 9.30 Å². The van der Waals surface area contributed by atoms with E-state index in [1.807, 2.05) is 30.3 Å². The molecule has 0 unspecified atom stereocenters. The summed E-state index contributed by atoms with van der Waals surface area (Å²) in [5.41, 5.74) is 2.71. The molecule has 114 valence electrons. The SMILES string of the molecule is CC(C)c1ccc2c(ccn2CCCOc2ccccc2)c1. The van der Waals surface area contributed by atoms with E-state index in [-0.39, 0.29) is 0 Å². The summed E-state index contributed by atoms with van der Waals surface area (Å²) < 4.78 is 8.07. The lowest BCUT2D eigenvalue weighted by molar-refractivity contribution is 0.302. The highest BCUT2D eigenvalue weighted by Gasteiger charge is 2.04. The second-order valence-corrected chi connectivity index (χ2v) is 6.00. The molecule has 0 saturated carbocycles. The summed E-state index contributed by atoms with van der Waals surface area (Å²) in [7, 11) is 0. The van der Waals surface area contributed by atoms with E-state index in [0.29, 0.717) is 5.92 Å². The van der Waals surface area contributed by atoms with E-state index in [1.54, 1.807) is 0 Å². The van der Waals surface area contributed by atoms with Gasteiger partial charge in [-0.25, -0.2) is 0 Å². The monoisotopic (exact) mass is 293 g/mol. The van der Waals surface area contributed by atoms with Crippen molar-refractivity contribution >= 4 is 10.9 Å². The van der Waals surface area contributed by atoms with Crippen LogP contribution in [0.15, 0.2) is 60.8 Å². The molecule has 2 aromatic carbocycles. The van der Waals surface area contributed by atoms with Crippen LogP contribution in [0.1, 0.15) is 31.7 Å². The number of benzene rings is 2. The molecular weight excluding hydrogens is 270 g/mol. The quantitative estimate of drug-likeness (QED) is 0.567. The van der Waals surface area contributed by atoms with E-state index in [0.717, 1.165) is 25.3 Å². The number of aryl methyl sites for hydroxylation is 1. The number of aromatic nitrogens is 1. The Labute approximate surface area is 132 Å². The molecule has 1 aromatic heterocycles. The topological polar surface area (TPSA) is 14.2 Å². The van der Waals surface area contributed by atoms with Gasteiger partial charge in [0.15, 0.2) is 0 Å². The van der Waals surface area contributed by atoms with Crippen molar-refractivity contribution in [2.24, 2.45) is 0 Å². The minimum Gasteiger partial charge on any atom is -0.494 e. The van der Waals surface area contributed by atoms with Gasteiger partial charge in [-0.1, -0.05) is 38.1 Å². The second kappa shape index (κ2) is 6.69. The Kier molecular flexibility index (Phi) is 4.47. The number of para-hydroxylation sites is 1. The summed E-state index contributed by atoms with van der Waals surface area (Å²) in [4.78, 5) is 0. The van der Waals surface area contributed by atoms with Gasteiger partial charge in [0, 0.05) is 18.3 Å². The fraction of sp³-hybridized carbons (Fsp3) is 0.300. The predicted molar refractivity (Wildman–Crippen MR) is 92.6 cm³/mol. The molecule has 0 aliphatic heterocycles. The molecule has 3 aromatic rings. The normalized spacial score (nSPS) is 11.2. The minimum absolute atomic E-state index is 0.576. The highest BCUT2D eigenvalue weighted by atomic mass is 16.5. The van der Waals surface area contributed by atoms with Crippen LogP contribution >= 0.6 is 0 Å². The molecule has 3 rings (SSSR count). The lowest BCUT2D eigenvalue weighted by Crippen LogP contribution is -2.03. The molecule has 0 radical (unpaired) electrons. The van der Waals surface area contributed by atoms with Gasteiger partial charge in [0.1, 0.15) is 5.75 Å². The Morgan fingerprint density at radius 3 is 2.59 bits per heavy atom. The third-order valence-corrected chi connectivity index (χ3v) is 4.02. The fourth-order valence-corrected chi connectivity index (χ4v) is 2.71. The number of nitrogens with zero attached hydrogens (tertiary/aromatic N) is 1. The van der Waals surface area contributed by atoms with Crippen molar-refractivity contribution in [2.45, 2.75) is 32.7 Å². The number of fused-ring (bicyclic) bond motifs is 1. The molecule has 2 heteroatoms. The molecule has 0 atom stereocenters. The fourth-order valence-electron chi connectivity index (χ4n) is 2.71. The Morgan fingerprint density at radius 1 is 1.00 bits per heavy atom. The van der Waals surface area contributed by atoms with Gasteiger partial charge in [0.2, 0.25) is 0 Å². The van der Waals surface area contributed by atoms with Gasteiger partial charge >= 0.3 is 0 Å². The van der Waals surface area contributed by atoms with E-state index in [1.165, 1.54) is 16.5 Å². The molecule has 0 N–H and O–H groups in total. The molecule has 2 nitrogen and oxygen atoms in total. The van der Waals surface area contributed by atoms with E-state index in [2.05, 4.69) is 48.9 Å². The lowest BCUT2D eigenvalue weighted by Gasteiger charge is -2.09. The Balaban J connectivity index is 1.60. The number of rotatable bonds is 6. The van der Waals surface area contributed by atoms with Crippen LogP contribution in [0.2, 0.25) is 0 Å². The van der Waals surface area contributed by atoms with Crippen LogP contribution in [0.3, 0.4) is 0 Å². The van der Waals surface area contributed by atoms with E-state index in [9.17, 15) is 0 Å². The summed E-state index contributed by atoms with van der Waals surface area (Å²) in [6.45, 7) is 6.20. The smallest absolute Gasteiger partial charge is 0.119 e. The van der Waals surface area contributed by atoms with E-state index < -0.39 is 0 Å². The Morgan fingerprint density at radius 2 is 1.82 bits per heavy atom. The van der Waals surface area contributed by atoms with Crippen LogP contribution in [-0.4, -0.2) is 11.2 Å². The molecule has 0 saturated heterocycles. The van der Waals surface area contributed by atoms with E-state index in [4.69, 9.17) is 4.74 Å². The van der Waals surface area contributed by atoms with Crippen molar-refractivity contribution in [3.05, 3.63) is 66.4 Å². The van der Waals surface area contributed by atoms with Gasteiger partial charge in [-0.2, -0.15) is 0 Å². The third-order valence-electron chi connectivity index (χ3n) is 4.02. The number of ether oxygens (including phenoxy) is 1. The maximum absolute atomic E-state index is 5.75. The molecule has 1 heterocycles. The second-order valence-electron chi connectivity index (χ2n) is 6.00. The zero-order valence-corrected chi connectivity index (χ0v) is 13.3. The Hall–Kier alpha value is -2.22. The highest BCUT2D eigenvalue weighted by Crippen LogP contribution is 2.22. The first-order valence-corrected chi connectivity index (χ1v) is 8.00. The zero-order valence-electron chi connectivity index (χ0n) is 13.3. The van der Waals surface area contributed by atoms with Crippen LogP contribution in [0, 0.1) is 0 Å². The summed E-state index contributed by atoms with van der Waals surface area (Å²) in [6.07, 6.45) is 3.18. The molecule has 0 aliphatic carbocycles. The molecule has 22 heavy (non-hydrogen) atoms. The molecule has 0 amide bonds. The Bertz CT molecular complexity index is 728. The van der Waals surface area contributed by atoms with Gasteiger partial charge in [0.05, 0.1) is 6.61 Å². The average Bonchev–Trinajstić information content (AvgIpc) is 2.95. The minimum atomic E-state index is 0.576. The van der Waals surface area contributed by atoms with Crippen molar-refractivity contribution in [1.29, 1.82) is 0 Å². The molecule has 0 spiro atoms. The lowest BCUT2D eigenvalue weighted by atomic mass is 10.0. The van der Waals surface area contributed by atoms with Crippen LogP contribution in [-0.2, 0) is 6.54 Å². The standard InChI is InChI=1S/C20H23NO/c1-16(2)17-9-10-20-18(15-17)11-13-21(20)12-6-14-22-19-7-4-3-5-8-19/h3-5,7-11,13,15-16H,6,12,14H2,1-2H3. The molecule has 0 bridgehead atoms. The van der Waals surface area contributed by atoms with Crippen molar-refractivity contribution < 1.29 is 4.74 Å². The van der Waals surface area contributed by atoms with E-state index >= 15 is 0 Å². The van der Waals surface area contributed by atoms with Crippen molar-refractivity contribution in [1.82, 2.24) is 4.57 Å². The predicted octanol–water partition coefficient (Wildman–Crippen LogP) is 5.23. The maximum Gasteiger partial charge on any atom is 0.119 e. The first kappa shape index (κ1) is 14.7. The zero-order chi connectivity index (χ0) is 15.4. The van der Waals surface area contributed by atoms with Crippen LogP contribution in [0.25, 0.3) is 10.9 Å². The average molecular weight is 293 g/mol. The molecule has 0 aliphatic rings. The van der Waals surface area contributed by atoms with Gasteiger partial charge in [-0.05, 0) is 53.6 Å². The van der Waals surface area contributed by atoms with Crippen molar-refractivity contribution in [2.75, 3.05) is 6.61 Å². The summed E-state index contributed by atoms with van der Waals surface area (Å²) in [6, 6.07) is 19.0. The van der Waals surface area contributed by atoms with Gasteiger partial charge in [-0.3, -0.25) is 0 Å². The summed E-state index contributed by atoms with van der Waals surface area (Å²) >= 11 is 0. The van der Waals surface area contributed by atoms with Gasteiger partial charge in [0.25, 0.3) is 0 Å². The van der Waals surface area contributed by atoms with Crippen LogP contribution < -0.4 is 4.74 Å². The first-order valence-electron chi connectivity index (χ1n) is 8.00. The maximum atomic E-state index is 5.75. The van der Waals surface area contributed by atoms with Crippen LogP contribution in [0.4, 0.5) is 0 Å². The third kappa shape index (κ3) is 3.33. The molecule has 0 fully saturated rings. The van der Waals surface area contributed by atoms with Crippen molar-refractivity contribution in [3.63, 3.8) is 0 Å². The highest BCUT2D eigenvalue weighted by molar-refractivity contribution is 5.81. The largest absolute Gasteiger partial charge is 0.494 e. The van der Waals surface area contributed by atoms with Crippen LogP contribution in [0.5, 0.6) is 5.75 Å². The van der Waals surface area contributed by atoms with Crippen molar-refractivity contribution in [3.8, 4) is 5.75 Å². The summed E-state index contributed by atoms with van der Waals surface area (Å²) in [5.74, 6) is 1.52. The van der Waals surface area contributed by atoms with Gasteiger partial charge in [-0.15, -0.1) is 0 Å². The summed E-state index contributed by atoms with van der Waals surface area (Å²) in [5, 5.41) is 1.33. The first-order chi connectivity index (χ1) is 10.7. The number of hydrogen-bond acceptors (Lipinski definition) is 1. The molecular formula is C20H23NO. The number of hydrogen-bond donors (Lipinski definition) is 0.